The number of hydrogen-bond donors (Lipinski definition) is 14. The topological polar surface area (TPSA) is 462 Å². The zero-order chi connectivity index (χ0) is 50.6. The highest BCUT2D eigenvalue weighted by Gasteiger charge is 2.40. The standard InChI is InChI=1S/C42H80N18O8/c43-18-4-1-11-26(46)39(67)59-23-9-16-31(59)37(65)57-28(14-7-21-52-41(48)49)35(63)54-25-33(61)55-30(15-8-22-53-42(50)51)40(68)60-24-10-17-32(60)38(66)58-29(13-3-6-20-45)36(64)56-27(34(47)62)12-2-5-19-44/h26-32H,1-25,43-46H2,(H2,47,62)(H,54,63)(H,55,61)(H,56,64)(H,57,65)(H,58,66)(H4,48,49,52)(H4,50,51,53)/t26-,27-,28-,29-,30-,31-,32-/m0/s1. The SMILES string of the molecule is NCCCC[C@H](NC(=O)[C@H](CCCCN)NC(=O)[C@@H]1CCCN1C(=O)[C@H](CCCN=C(N)N)NC(=O)CNC(=O)[C@H](CCCN=C(N)N)NC(=O)[C@@H]1CCCN1C(=O)[C@@H](N)CCCCN)C(N)=O. The number of carbonyl (C=O) groups is 8. The minimum Gasteiger partial charge on any atom is -0.370 e. The van der Waals surface area contributed by atoms with E-state index in [-0.39, 0.29) is 82.4 Å². The predicted octanol–water partition coefficient (Wildman–Crippen LogP) is -5.67. The van der Waals surface area contributed by atoms with Crippen LogP contribution in [0.25, 0.3) is 0 Å². The molecule has 23 N–H and O–H groups in total. The Bertz CT molecular complexity index is 1710. The Morgan fingerprint density at radius 2 is 0.956 bits per heavy atom. The lowest BCUT2D eigenvalue weighted by molar-refractivity contribution is -0.142. The number of unbranched alkanes of at least 4 members (excludes halogenated alkanes) is 3. The van der Waals surface area contributed by atoms with Crippen LogP contribution in [0.5, 0.6) is 0 Å². The zero-order valence-corrected chi connectivity index (χ0v) is 39.5. The summed E-state index contributed by atoms with van der Waals surface area (Å²) < 4.78 is 0. The lowest BCUT2D eigenvalue weighted by Gasteiger charge is -2.30. The molecule has 2 saturated heterocycles. The summed E-state index contributed by atoms with van der Waals surface area (Å²) >= 11 is 0. The van der Waals surface area contributed by atoms with E-state index in [4.69, 9.17) is 51.6 Å². The molecule has 2 rings (SSSR count). The molecule has 7 atom stereocenters. The van der Waals surface area contributed by atoms with Gasteiger partial charge in [-0.15, -0.1) is 0 Å². The van der Waals surface area contributed by atoms with Crippen LogP contribution in [0, 0.1) is 0 Å². The predicted molar refractivity (Wildman–Crippen MR) is 256 cm³/mol. The van der Waals surface area contributed by atoms with Crippen LogP contribution in [-0.2, 0) is 38.4 Å². The molecule has 0 bridgehead atoms. The Morgan fingerprint density at radius 3 is 1.44 bits per heavy atom. The van der Waals surface area contributed by atoms with Gasteiger partial charge in [-0.25, -0.2) is 0 Å². The first-order valence-corrected chi connectivity index (χ1v) is 23.8. The van der Waals surface area contributed by atoms with Crippen LogP contribution in [0.1, 0.15) is 109 Å². The Labute approximate surface area is 398 Å². The number of hydrogen-bond acceptors (Lipinski definition) is 14. The second-order valence-electron chi connectivity index (χ2n) is 17.2. The molecule has 0 radical (unpaired) electrons. The molecule has 2 aliphatic rings. The molecule has 8 amide bonds. The summed E-state index contributed by atoms with van der Waals surface area (Å²) in [6.45, 7) is 1.34. The number of likely N-dealkylation sites (tertiary alicyclic amines) is 2. The van der Waals surface area contributed by atoms with E-state index in [0.717, 1.165) is 0 Å². The second kappa shape index (κ2) is 32.0. The highest BCUT2D eigenvalue weighted by atomic mass is 16.2. The van der Waals surface area contributed by atoms with E-state index in [9.17, 15) is 38.4 Å². The summed E-state index contributed by atoms with van der Waals surface area (Å²) in [5.74, 6) is -5.30. The number of nitrogens with zero attached hydrogens (tertiary/aromatic N) is 4. The molecule has 0 aromatic rings. The lowest BCUT2D eigenvalue weighted by Crippen LogP contribution is -2.58. The fraction of sp³-hybridized carbons (Fsp3) is 0.762. The highest BCUT2D eigenvalue weighted by molar-refractivity contribution is 5.97. The maximum absolute atomic E-state index is 14.3. The molecule has 0 aromatic carbocycles. The van der Waals surface area contributed by atoms with Crippen LogP contribution < -0.4 is 78.2 Å². The molecule has 2 heterocycles. The van der Waals surface area contributed by atoms with Crippen molar-refractivity contribution in [3.05, 3.63) is 0 Å². The molecule has 26 heteroatoms. The Hall–Kier alpha value is -5.86. The monoisotopic (exact) mass is 965 g/mol. The first kappa shape index (κ1) is 58.3. The molecule has 68 heavy (non-hydrogen) atoms. The Morgan fingerprint density at radius 1 is 0.515 bits per heavy atom. The van der Waals surface area contributed by atoms with Gasteiger partial charge in [0.2, 0.25) is 47.3 Å². The third-order valence-electron chi connectivity index (χ3n) is 11.7. The zero-order valence-electron chi connectivity index (χ0n) is 39.5. The van der Waals surface area contributed by atoms with Gasteiger partial charge in [0.25, 0.3) is 0 Å². The quantitative estimate of drug-likeness (QED) is 0.0166. The third-order valence-corrected chi connectivity index (χ3v) is 11.7. The van der Waals surface area contributed by atoms with Crippen molar-refractivity contribution < 1.29 is 38.4 Å². The van der Waals surface area contributed by atoms with E-state index in [1.165, 1.54) is 9.80 Å². The van der Waals surface area contributed by atoms with Crippen molar-refractivity contribution in [1.82, 2.24) is 36.4 Å². The van der Waals surface area contributed by atoms with Crippen LogP contribution in [0.15, 0.2) is 9.98 Å². The van der Waals surface area contributed by atoms with Gasteiger partial charge in [0.05, 0.1) is 12.6 Å². The second-order valence-corrected chi connectivity index (χ2v) is 17.2. The van der Waals surface area contributed by atoms with Crippen molar-refractivity contribution in [3.8, 4) is 0 Å². The Kier molecular flexibility index (Phi) is 27.4. The van der Waals surface area contributed by atoms with Crippen molar-refractivity contribution >= 4 is 59.2 Å². The minimum atomic E-state index is -1.20. The van der Waals surface area contributed by atoms with Gasteiger partial charge in [0.15, 0.2) is 11.9 Å². The van der Waals surface area contributed by atoms with E-state index in [2.05, 4.69) is 36.6 Å². The van der Waals surface area contributed by atoms with Crippen LogP contribution >= 0.6 is 0 Å². The van der Waals surface area contributed by atoms with Gasteiger partial charge in [-0.3, -0.25) is 48.3 Å². The van der Waals surface area contributed by atoms with Crippen molar-refractivity contribution in [2.45, 2.75) is 151 Å². The average molecular weight is 965 g/mol. The van der Waals surface area contributed by atoms with Gasteiger partial charge in [-0.05, 0) is 122 Å². The molecule has 0 spiro atoms. The molecule has 0 aromatic heterocycles. The maximum atomic E-state index is 14.3. The summed E-state index contributed by atoms with van der Waals surface area (Å²) in [5, 5.41) is 13.3. The van der Waals surface area contributed by atoms with Gasteiger partial charge in [0.1, 0.15) is 36.3 Å². The Balaban J connectivity index is 2.24. The van der Waals surface area contributed by atoms with Gasteiger partial charge in [-0.2, -0.15) is 0 Å². The summed E-state index contributed by atoms with van der Waals surface area (Å²) in [7, 11) is 0. The largest absolute Gasteiger partial charge is 0.370 e. The summed E-state index contributed by atoms with van der Waals surface area (Å²) in [6.07, 6.45) is 6.64. The van der Waals surface area contributed by atoms with Gasteiger partial charge in [0, 0.05) is 26.2 Å². The fourth-order valence-electron chi connectivity index (χ4n) is 8.07. The summed E-state index contributed by atoms with van der Waals surface area (Å²) in [5.41, 5.74) is 50.5. The normalized spacial score (nSPS) is 17.7. The van der Waals surface area contributed by atoms with Crippen molar-refractivity contribution in [3.63, 3.8) is 0 Å². The number of amides is 8. The highest BCUT2D eigenvalue weighted by Crippen LogP contribution is 2.22. The maximum Gasteiger partial charge on any atom is 0.245 e. The van der Waals surface area contributed by atoms with E-state index < -0.39 is 90.2 Å². The minimum absolute atomic E-state index is 0.0413. The molecule has 0 saturated carbocycles. The number of nitrogens with one attached hydrogen (secondary N) is 5. The smallest absolute Gasteiger partial charge is 0.245 e. The van der Waals surface area contributed by atoms with Crippen LogP contribution in [0.2, 0.25) is 0 Å². The lowest BCUT2D eigenvalue weighted by atomic mass is 10.0. The van der Waals surface area contributed by atoms with Crippen molar-refractivity contribution in [2.24, 2.45) is 61.6 Å². The van der Waals surface area contributed by atoms with Gasteiger partial charge < -0.3 is 88.0 Å². The average Bonchev–Trinajstić information content (AvgIpc) is 4.00. The number of aliphatic imine (C=N–C) groups is 2. The van der Waals surface area contributed by atoms with Crippen molar-refractivity contribution in [1.29, 1.82) is 0 Å². The number of rotatable bonds is 33. The molecule has 386 valence electrons. The molecular weight excluding hydrogens is 885 g/mol. The third kappa shape index (κ3) is 21.0. The molecule has 0 aliphatic carbocycles. The van der Waals surface area contributed by atoms with E-state index in [1.54, 1.807) is 0 Å². The van der Waals surface area contributed by atoms with Gasteiger partial charge in [-0.1, -0.05) is 6.42 Å². The van der Waals surface area contributed by atoms with E-state index >= 15 is 0 Å². The number of guanidine groups is 2. The van der Waals surface area contributed by atoms with Crippen LogP contribution in [-0.4, -0.2) is 164 Å². The molecule has 0 unspecified atom stereocenters. The number of primary amides is 1. The van der Waals surface area contributed by atoms with Crippen LogP contribution in [0.3, 0.4) is 0 Å². The number of carbonyl (C=O) groups excluding carboxylic acids is 8. The van der Waals surface area contributed by atoms with Gasteiger partial charge >= 0.3 is 0 Å². The molecule has 2 aliphatic heterocycles. The first-order valence-electron chi connectivity index (χ1n) is 23.8. The van der Waals surface area contributed by atoms with Crippen molar-refractivity contribution in [2.75, 3.05) is 52.4 Å². The van der Waals surface area contributed by atoms with Crippen LogP contribution in [0.4, 0.5) is 0 Å². The molecule has 26 nitrogen and oxygen atoms in total. The fourth-order valence-corrected chi connectivity index (χ4v) is 8.07. The number of nitrogens with two attached hydrogens (primary N) is 9. The first-order chi connectivity index (χ1) is 32.4. The molecule has 2 fully saturated rings. The van der Waals surface area contributed by atoms with E-state index in [1.807, 2.05) is 0 Å². The molecular formula is C42H80N18O8. The van der Waals surface area contributed by atoms with E-state index in [0.29, 0.717) is 90.4 Å². The summed E-state index contributed by atoms with van der Waals surface area (Å²) in [4.78, 5) is 119. The summed E-state index contributed by atoms with van der Waals surface area (Å²) in [6, 6.07) is -7.11.